The van der Waals surface area contributed by atoms with E-state index in [0.29, 0.717) is 52.4 Å². The number of hydrogen-bond donors (Lipinski definition) is 1. The molecule has 4 aromatic rings. The van der Waals surface area contributed by atoms with Gasteiger partial charge in [-0.3, -0.25) is 4.98 Å². The van der Waals surface area contributed by atoms with Crippen LogP contribution in [0.1, 0.15) is 91.7 Å². The number of nitrogens with zero attached hydrogens (tertiary/aromatic N) is 3. The largest absolute Gasteiger partial charge is 0.492 e. The molecule has 1 aromatic heterocycles. The number of aromatic nitrogens is 1. The summed E-state index contributed by atoms with van der Waals surface area (Å²) in [4.78, 5) is 6.70. The van der Waals surface area contributed by atoms with Gasteiger partial charge in [0.25, 0.3) is 0 Å². The van der Waals surface area contributed by atoms with Crippen LogP contribution in [-0.2, 0) is 19.6 Å². The summed E-state index contributed by atoms with van der Waals surface area (Å²) in [6.07, 6.45) is 11.9. The van der Waals surface area contributed by atoms with Gasteiger partial charge in [0.2, 0.25) is 0 Å². The number of nitrogens with one attached hydrogen (secondary N) is 1. The third kappa shape index (κ3) is 9.27. The highest BCUT2D eigenvalue weighted by molar-refractivity contribution is 6.35. The Balaban J connectivity index is 1.08. The Morgan fingerprint density at radius 1 is 0.887 bits per heavy atom. The lowest BCUT2D eigenvalue weighted by atomic mass is 9.93. The second-order valence-electron chi connectivity index (χ2n) is 14.4. The summed E-state index contributed by atoms with van der Waals surface area (Å²) in [7, 11) is 0. The Labute approximate surface area is 322 Å². The highest BCUT2D eigenvalue weighted by Crippen LogP contribution is 2.45. The molecule has 0 bridgehead atoms. The summed E-state index contributed by atoms with van der Waals surface area (Å²) in [5.74, 6) is 1.80. The predicted octanol–water partition coefficient (Wildman–Crippen LogP) is 10.2. The molecule has 3 atom stereocenters. The lowest BCUT2D eigenvalue weighted by Crippen LogP contribution is -2.39. The zero-order valence-electron chi connectivity index (χ0n) is 30.1. The predicted molar refractivity (Wildman–Crippen MR) is 208 cm³/mol. The van der Waals surface area contributed by atoms with Crippen molar-refractivity contribution in [3.63, 3.8) is 0 Å². The topological polar surface area (TPSA) is 79.6 Å². The van der Waals surface area contributed by atoms with Gasteiger partial charge in [-0.15, -0.1) is 0 Å². The molecular weight excluding hydrogens is 710 g/mol. The van der Waals surface area contributed by atoms with E-state index in [9.17, 15) is 9.65 Å². The first kappa shape index (κ1) is 37.4. The molecule has 0 unspecified atom stereocenters. The Hall–Kier alpha value is -3.87. The molecule has 10 heteroatoms. The van der Waals surface area contributed by atoms with E-state index in [2.05, 4.69) is 45.5 Å². The van der Waals surface area contributed by atoms with Crippen molar-refractivity contribution in [3.8, 4) is 34.4 Å². The molecule has 2 fully saturated rings. The number of likely N-dealkylation sites (tertiary alicyclic amines) is 1. The van der Waals surface area contributed by atoms with Crippen molar-refractivity contribution in [1.29, 1.82) is 5.26 Å². The number of pyridine rings is 1. The molecule has 0 radical (unpaired) electrons. The fourth-order valence-corrected chi connectivity index (χ4v) is 8.43. The number of fused-ring (bicyclic) bond motifs is 1. The maximum Gasteiger partial charge on any atom is 0.142 e. The summed E-state index contributed by atoms with van der Waals surface area (Å²) in [5, 5.41) is 13.8. The number of halogens is 3. The van der Waals surface area contributed by atoms with Crippen molar-refractivity contribution in [3.05, 3.63) is 105 Å². The summed E-state index contributed by atoms with van der Waals surface area (Å²) in [5.41, 5.74) is 6.36. The number of nitriles is 1. The van der Waals surface area contributed by atoms with Crippen LogP contribution in [0.25, 0.3) is 11.1 Å². The van der Waals surface area contributed by atoms with Crippen molar-refractivity contribution in [1.82, 2.24) is 15.2 Å². The first-order chi connectivity index (χ1) is 26.0. The fraction of sp³-hybridized carbons (Fsp3) is 0.442. The smallest absolute Gasteiger partial charge is 0.142 e. The van der Waals surface area contributed by atoms with Gasteiger partial charge >= 0.3 is 0 Å². The molecule has 3 aromatic carbocycles. The Bertz CT molecular complexity index is 1910. The summed E-state index contributed by atoms with van der Waals surface area (Å²) < 4.78 is 33.9. The molecule has 2 aliphatic carbocycles. The minimum atomic E-state index is -0.877. The Morgan fingerprint density at radius 3 is 2.57 bits per heavy atom. The zero-order chi connectivity index (χ0) is 36.6. The van der Waals surface area contributed by atoms with Crippen molar-refractivity contribution in [2.75, 3.05) is 26.2 Å². The molecule has 1 saturated carbocycles. The normalized spacial score (nSPS) is 20.1. The first-order valence-electron chi connectivity index (χ1n) is 19.1. The number of rotatable bonds is 14. The Kier molecular flexibility index (Phi) is 12.7. The average molecular weight is 758 g/mol. The lowest BCUT2D eigenvalue weighted by molar-refractivity contribution is 0.187. The van der Waals surface area contributed by atoms with Crippen molar-refractivity contribution in [2.45, 2.75) is 95.7 Å². The van der Waals surface area contributed by atoms with Crippen LogP contribution in [0.5, 0.6) is 17.2 Å². The molecule has 2 heterocycles. The fourth-order valence-electron chi connectivity index (χ4n) is 7.91. The number of hydrogen-bond acceptors (Lipinski definition) is 7. The van der Waals surface area contributed by atoms with E-state index in [1.165, 1.54) is 44.1 Å². The summed E-state index contributed by atoms with van der Waals surface area (Å²) in [6, 6.07) is 19.7. The maximum absolute atomic E-state index is 14.7. The molecular formula is C43H47Cl2FN4O3. The third-order valence-electron chi connectivity index (χ3n) is 10.7. The molecule has 7 nitrogen and oxygen atoms in total. The van der Waals surface area contributed by atoms with E-state index < -0.39 is 6.17 Å². The number of benzene rings is 3. The second-order valence-corrected chi connectivity index (χ2v) is 15.2. The minimum Gasteiger partial charge on any atom is -0.492 e. The van der Waals surface area contributed by atoms with Crippen molar-refractivity contribution < 1.29 is 18.6 Å². The number of ether oxygens (including phenoxy) is 3. The van der Waals surface area contributed by atoms with Gasteiger partial charge < -0.3 is 24.4 Å². The van der Waals surface area contributed by atoms with E-state index in [-0.39, 0.29) is 18.8 Å². The third-order valence-corrected chi connectivity index (χ3v) is 11.4. The van der Waals surface area contributed by atoms with Gasteiger partial charge in [0, 0.05) is 54.3 Å². The lowest BCUT2D eigenvalue weighted by Gasteiger charge is -2.27. The summed E-state index contributed by atoms with van der Waals surface area (Å²) >= 11 is 13.9. The van der Waals surface area contributed by atoms with Crippen LogP contribution in [0, 0.1) is 11.3 Å². The first-order valence-corrected chi connectivity index (χ1v) is 19.8. The van der Waals surface area contributed by atoms with Gasteiger partial charge in [0.15, 0.2) is 0 Å². The van der Waals surface area contributed by atoms with Gasteiger partial charge in [-0.05, 0) is 92.9 Å². The minimum absolute atomic E-state index is 0.198. The molecule has 1 saturated heterocycles. The highest BCUT2D eigenvalue weighted by Gasteiger charge is 2.29. The SMILES string of the molecule is N#Cc1cncc(COc2cc(O[C@H]3CCc4c(-c5cccc(OCCCN6CCCCC6)c5Cl)cccc43)c(Cl)cc2CN[C@@H]2CCCC[C@@H]2F)c1. The molecule has 278 valence electrons. The van der Waals surface area contributed by atoms with Gasteiger partial charge in [-0.1, -0.05) is 72.8 Å². The van der Waals surface area contributed by atoms with Crippen LogP contribution >= 0.6 is 23.2 Å². The standard InChI is InChI=1S/C43H47Cl2FN4O3/c44-36-22-31(27-49-38-13-3-2-12-37(38)46)41(52-28-30-21-29(24-47)25-48-26-30)23-42(36)53-39-16-15-33-32(9-6-10-34(33)39)35-11-7-14-40(43(35)45)51-20-8-19-50-17-4-1-5-18-50/h6-7,9-11,14,21-23,25-26,37-39,49H,1-5,8,12-13,15-20,27-28H2/t37-,38+,39-/m0/s1. The molecule has 3 aliphatic rings. The number of piperidine rings is 1. The summed E-state index contributed by atoms with van der Waals surface area (Å²) in [6.45, 7) is 4.64. The van der Waals surface area contributed by atoms with E-state index in [0.717, 1.165) is 72.9 Å². The maximum atomic E-state index is 14.7. The van der Waals surface area contributed by atoms with Gasteiger partial charge in [0.05, 0.1) is 22.2 Å². The van der Waals surface area contributed by atoms with Crippen LogP contribution in [-0.4, -0.2) is 48.3 Å². The van der Waals surface area contributed by atoms with Gasteiger partial charge in [0.1, 0.15) is 42.2 Å². The second kappa shape index (κ2) is 18.0. The molecule has 53 heavy (non-hydrogen) atoms. The van der Waals surface area contributed by atoms with Crippen LogP contribution < -0.4 is 19.5 Å². The van der Waals surface area contributed by atoms with E-state index in [1.54, 1.807) is 12.3 Å². The van der Waals surface area contributed by atoms with Crippen LogP contribution in [0.15, 0.2) is 67.0 Å². The van der Waals surface area contributed by atoms with Crippen LogP contribution in [0.4, 0.5) is 4.39 Å². The van der Waals surface area contributed by atoms with Crippen molar-refractivity contribution in [2.24, 2.45) is 0 Å². The van der Waals surface area contributed by atoms with Crippen LogP contribution in [0.3, 0.4) is 0 Å². The average Bonchev–Trinajstić information content (AvgIpc) is 3.60. The number of alkyl halides is 1. The van der Waals surface area contributed by atoms with Gasteiger partial charge in [-0.2, -0.15) is 5.26 Å². The highest BCUT2D eigenvalue weighted by atomic mass is 35.5. The monoisotopic (exact) mass is 756 g/mol. The zero-order valence-corrected chi connectivity index (χ0v) is 31.6. The molecule has 7 rings (SSSR count). The van der Waals surface area contributed by atoms with Gasteiger partial charge in [-0.25, -0.2) is 4.39 Å². The Morgan fingerprint density at radius 2 is 1.72 bits per heavy atom. The quantitative estimate of drug-likeness (QED) is 0.128. The van der Waals surface area contributed by atoms with E-state index in [1.807, 2.05) is 24.3 Å². The van der Waals surface area contributed by atoms with Crippen molar-refractivity contribution >= 4 is 23.2 Å². The van der Waals surface area contributed by atoms with E-state index >= 15 is 0 Å². The van der Waals surface area contributed by atoms with Crippen LogP contribution in [0.2, 0.25) is 10.0 Å². The molecule has 1 aliphatic heterocycles. The van der Waals surface area contributed by atoms with E-state index in [4.69, 9.17) is 37.4 Å². The molecule has 0 spiro atoms. The molecule has 1 N–H and O–H groups in total. The molecule has 0 amide bonds.